The Hall–Kier alpha value is -1.83. The van der Waals surface area contributed by atoms with Crippen LogP contribution in [0.3, 0.4) is 0 Å². The lowest BCUT2D eigenvalue weighted by Crippen LogP contribution is -2.71. The zero-order chi connectivity index (χ0) is 27.0. The number of aliphatic hydroxyl groups is 3. The Kier molecular flexibility index (Phi) is 8.69. The number of nitrogens with zero attached hydrogens (tertiary/aromatic N) is 3. The molecule has 0 aliphatic carbocycles. The molecule has 0 amide bonds. The van der Waals surface area contributed by atoms with Crippen LogP contribution in [0.15, 0.2) is 0 Å². The number of rotatable bonds is 17. The lowest BCUT2D eigenvalue weighted by atomic mass is 9.49. The van der Waals surface area contributed by atoms with Crippen molar-refractivity contribution in [2.45, 2.75) is 82.7 Å². The summed E-state index contributed by atoms with van der Waals surface area (Å²) < 4.78 is 0. The van der Waals surface area contributed by atoms with Crippen LogP contribution in [0.1, 0.15) is 46.5 Å². The van der Waals surface area contributed by atoms with Crippen molar-refractivity contribution in [1.82, 2.24) is 14.7 Å². The van der Waals surface area contributed by atoms with Crippen molar-refractivity contribution in [2.75, 3.05) is 39.5 Å². The molecule has 0 radical (unpaired) electrons. The molecule has 0 bridgehead atoms. The molecule has 12 heteroatoms. The van der Waals surface area contributed by atoms with Gasteiger partial charge in [0.25, 0.3) is 0 Å². The molecule has 3 aliphatic heterocycles. The number of hydrogen-bond donors (Lipinski definition) is 6. The van der Waals surface area contributed by atoms with Crippen LogP contribution < -0.4 is 0 Å². The maximum atomic E-state index is 12.3. The molecule has 9 atom stereocenters. The number of carboxylic acids is 3. The van der Waals surface area contributed by atoms with E-state index in [1.165, 1.54) is 0 Å². The van der Waals surface area contributed by atoms with Gasteiger partial charge in [0.2, 0.25) is 0 Å². The smallest absolute Gasteiger partial charge is 0.304 e. The second-order valence-corrected chi connectivity index (χ2v) is 11.0. The molecule has 0 saturated carbocycles. The molecule has 3 saturated heterocycles. The van der Waals surface area contributed by atoms with Crippen molar-refractivity contribution in [2.24, 2.45) is 10.8 Å². The zero-order valence-corrected chi connectivity index (χ0v) is 21.3. The lowest BCUT2D eigenvalue weighted by Gasteiger charge is -2.61. The van der Waals surface area contributed by atoms with Gasteiger partial charge in [-0.15, -0.1) is 0 Å². The Morgan fingerprint density at radius 3 is 1.14 bits per heavy atom. The molecule has 36 heavy (non-hydrogen) atoms. The highest BCUT2D eigenvalue weighted by atomic mass is 16.4. The van der Waals surface area contributed by atoms with Crippen LogP contribution in [0.25, 0.3) is 0 Å². The summed E-state index contributed by atoms with van der Waals surface area (Å²) in [4.78, 5) is 42.6. The third-order valence-electron chi connectivity index (χ3n) is 8.80. The number of aliphatic hydroxyl groups excluding tert-OH is 3. The molecule has 3 fully saturated rings. The molecule has 0 aromatic heterocycles. The normalized spacial score (nSPS) is 33.2. The van der Waals surface area contributed by atoms with Gasteiger partial charge >= 0.3 is 17.9 Å². The van der Waals surface area contributed by atoms with Crippen molar-refractivity contribution < 1.29 is 45.0 Å². The maximum absolute atomic E-state index is 12.3. The van der Waals surface area contributed by atoms with Gasteiger partial charge in [-0.3, -0.25) is 29.1 Å². The van der Waals surface area contributed by atoms with Gasteiger partial charge in [0, 0.05) is 73.3 Å². The Balaban J connectivity index is 2.41. The number of aliphatic carboxylic acids is 3. The van der Waals surface area contributed by atoms with E-state index >= 15 is 0 Å². The predicted octanol–water partition coefficient (Wildman–Crippen LogP) is -1.03. The van der Waals surface area contributed by atoms with E-state index in [0.29, 0.717) is 19.6 Å². The highest BCUT2D eigenvalue weighted by Gasteiger charge is 2.70. The van der Waals surface area contributed by atoms with Gasteiger partial charge in [0.1, 0.15) is 0 Å². The molecule has 9 unspecified atom stereocenters. The summed E-state index contributed by atoms with van der Waals surface area (Å²) in [5, 5.41) is 62.1. The average molecular weight is 516 g/mol. The van der Waals surface area contributed by atoms with E-state index in [1.54, 1.807) is 0 Å². The fourth-order valence-corrected chi connectivity index (χ4v) is 6.89. The minimum absolute atomic E-state index is 0.0350. The van der Waals surface area contributed by atoms with Crippen molar-refractivity contribution >= 4 is 17.9 Å². The molecular weight excluding hydrogens is 474 g/mol. The summed E-state index contributed by atoms with van der Waals surface area (Å²) in [6.45, 7) is 5.50. The van der Waals surface area contributed by atoms with Crippen molar-refractivity contribution in [3.63, 3.8) is 0 Å². The van der Waals surface area contributed by atoms with Crippen molar-refractivity contribution in [3.05, 3.63) is 0 Å². The van der Waals surface area contributed by atoms with E-state index in [9.17, 15) is 45.0 Å². The molecule has 3 aliphatic rings. The summed E-state index contributed by atoms with van der Waals surface area (Å²) in [5.41, 5.74) is -3.08. The Bertz CT molecular complexity index is 747. The predicted molar refractivity (Wildman–Crippen MR) is 127 cm³/mol. The summed E-state index contributed by atoms with van der Waals surface area (Å²) in [6.07, 6.45) is -1.41. The van der Waals surface area contributed by atoms with E-state index in [2.05, 4.69) is 0 Å². The van der Waals surface area contributed by atoms with Gasteiger partial charge in [0.05, 0.1) is 32.5 Å². The standard InChI is InChI=1S/C24H41N3O9/c1-14-9-25(14)17(6-20(31)32)24(23(12-29,13-30)4-5-28,18(7-21(33)34)26-10-15(26)2)19(8-22(35)36)27-11-16(27)3/h14-19,28-30H,4-13H2,1-3H3,(H,31,32)(H,33,34)(H,35,36). The summed E-state index contributed by atoms with van der Waals surface area (Å²) in [5.74, 6) is -3.42. The topological polar surface area (TPSA) is 182 Å². The third-order valence-corrected chi connectivity index (χ3v) is 8.80. The minimum atomic E-state index is -1.56. The molecular formula is C24H41N3O9. The van der Waals surface area contributed by atoms with Crippen LogP contribution in [-0.2, 0) is 14.4 Å². The first kappa shape index (κ1) is 28.7. The monoisotopic (exact) mass is 515 g/mol. The first-order chi connectivity index (χ1) is 16.9. The number of carbonyl (C=O) groups is 3. The van der Waals surface area contributed by atoms with Crippen LogP contribution >= 0.6 is 0 Å². The summed E-state index contributed by atoms with van der Waals surface area (Å²) >= 11 is 0. The van der Waals surface area contributed by atoms with Gasteiger partial charge in [-0.25, -0.2) is 0 Å². The first-order valence-electron chi connectivity index (χ1n) is 12.6. The summed E-state index contributed by atoms with van der Waals surface area (Å²) in [7, 11) is 0. The summed E-state index contributed by atoms with van der Waals surface area (Å²) in [6, 6.07) is -2.76. The van der Waals surface area contributed by atoms with Gasteiger partial charge in [-0.05, 0) is 27.2 Å². The molecule has 3 heterocycles. The Labute approximate surface area is 211 Å². The molecule has 0 spiro atoms. The van der Waals surface area contributed by atoms with E-state index < -0.39 is 85.9 Å². The fraction of sp³-hybridized carbons (Fsp3) is 0.875. The van der Waals surface area contributed by atoms with Crippen LogP contribution in [0.4, 0.5) is 0 Å². The SMILES string of the molecule is CC1CN1C(CC(=O)O)C(C(CC(=O)O)N1CC1C)(C(CC(=O)O)N1CC1C)C(CO)(CO)CCO. The van der Waals surface area contributed by atoms with Crippen molar-refractivity contribution in [1.29, 1.82) is 0 Å². The van der Waals surface area contributed by atoms with Gasteiger partial charge in [0.15, 0.2) is 0 Å². The molecule has 0 aromatic carbocycles. The molecule has 6 N–H and O–H groups in total. The molecule has 3 rings (SSSR count). The highest BCUT2D eigenvalue weighted by molar-refractivity contribution is 5.71. The average Bonchev–Trinajstić information content (AvgIpc) is 3.72. The first-order valence-corrected chi connectivity index (χ1v) is 12.6. The van der Waals surface area contributed by atoms with Crippen LogP contribution in [0.2, 0.25) is 0 Å². The Morgan fingerprint density at radius 2 is 0.972 bits per heavy atom. The second-order valence-electron chi connectivity index (χ2n) is 11.0. The van der Waals surface area contributed by atoms with Crippen molar-refractivity contribution in [3.8, 4) is 0 Å². The minimum Gasteiger partial charge on any atom is -0.481 e. The fourth-order valence-electron chi connectivity index (χ4n) is 6.89. The van der Waals surface area contributed by atoms with Gasteiger partial charge in [-0.2, -0.15) is 0 Å². The second kappa shape index (κ2) is 10.9. The molecule has 0 aromatic rings. The van der Waals surface area contributed by atoms with E-state index in [4.69, 9.17) is 0 Å². The maximum Gasteiger partial charge on any atom is 0.304 e. The van der Waals surface area contributed by atoms with Crippen LogP contribution in [-0.4, -0.2) is 139 Å². The molecule has 206 valence electrons. The highest BCUT2D eigenvalue weighted by Crippen LogP contribution is 2.60. The third kappa shape index (κ3) is 5.25. The van der Waals surface area contributed by atoms with E-state index in [1.807, 2.05) is 35.5 Å². The van der Waals surface area contributed by atoms with Gasteiger partial charge in [-0.1, -0.05) is 0 Å². The number of hydrogen-bond acceptors (Lipinski definition) is 9. The van der Waals surface area contributed by atoms with Crippen LogP contribution in [0.5, 0.6) is 0 Å². The van der Waals surface area contributed by atoms with Crippen LogP contribution in [0, 0.1) is 10.8 Å². The lowest BCUT2D eigenvalue weighted by molar-refractivity contribution is -0.180. The largest absolute Gasteiger partial charge is 0.481 e. The zero-order valence-electron chi connectivity index (χ0n) is 21.3. The quantitative estimate of drug-likeness (QED) is 0.130. The Morgan fingerprint density at radius 1 is 0.694 bits per heavy atom. The van der Waals surface area contributed by atoms with E-state index in [-0.39, 0.29) is 24.5 Å². The van der Waals surface area contributed by atoms with Gasteiger partial charge < -0.3 is 30.6 Å². The van der Waals surface area contributed by atoms with E-state index in [0.717, 1.165) is 0 Å². The number of carboxylic acid groups (broad SMARTS) is 3. The molecule has 12 nitrogen and oxygen atoms in total.